The smallest absolute Gasteiger partial charge is 0.311 e. The number of nitrogens with one attached hydrogen (secondary N) is 1. The summed E-state index contributed by atoms with van der Waals surface area (Å²) in [6.45, 7) is 2.44. The van der Waals surface area contributed by atoms with Gasteiger partial charge in [0, 0.05) is 18.7 Å². The highest BCUT2D eigenvalue weighted by Gasteiger charge is 2.47. The minimum absolute atomic E-state index is 0.129. The van der Waals surface area contributed by atoms with Crippen LogP contribution in [0.4, 0.5) is 0 Å². The van der Waals surface area contributed by atoms with E-state index in [4.69, 9.17) is 0 Å². The monoisotopic (exact) mass is 372 g/mol. The van der Waals surface area contributed by atoms with Gasteiger partial charge in [-0.25, -0.2) is 0 Å². The Morgan fingerprint density at radius 1 is 1.04 bits per heavy atom. The normalized spacial score (nSPS) is 24.4. The number of benzene rings is 1. The SMILES string of the molecule is CC1(C(=O)NCC2(C(=O)O)CCCCC2)CCCN1C(=O)c1ccccc1. The van der Waals surface area contributed by atoms with Crippen molar-refractivity contribution in [2.24, 2.45) is 5.41 Å². The molecule has 1 atom stereocenters. The maximum absolute atomic E-state index is 13.0. The molecule has 0 aromatic heterocycles. The van der Waals surface area contributed by atoms with E-state index in [2.05, 4.69) is 5.32 Å². The van der Waals surface area contributed by atoms with Crippen molar-refractivity contribution < 1.29 is 19.5 Å². The molecule has 6 nitrogen and oxygen atoms in total. The first-order valence-electron chi connectivity index (χ1n) is 9.78. The summed E-state index contributed by atoms with van der Waals surface area (Å²) in [5.74, 6) is -1.25. The molecule has 146 valence electrons. The van der Waals surface area contributed by atoms with Crippen molar-refractivity contribution in [2.45, 2.75) is 57.4 Å². The van der Waals surface area contributed by atoms with Gasteiger partial charge in [-0.05, 0) is 44.7 Å². The average Bonchev–Trinajstić information content (AvgIpc) is 3.09. The van der Waals surface area contributed by atoms with E-state index in [1.165, 1.54) is 0 Å². The van der Waals surface area contributed by atoms with Crippen LogP contribution in [0.1, 0.15) is 62.2 Å². The zero-order valence-electron chi connectivity index (χ0n) is 15.9. The summed E-state index contributed by atoms with van der Waals surface area (Å²) in [5.41, 5.74) is -1.26. The number of carbonyl (C=O) groups is 3. The Hall–Kier alpha value is -2.37. The molecule has 2 aliphatic rings. The Balaban J connectivity index is 1.72. The van der Waals surface area contributed by atoms with Crippen LogP contribution in [0.5, 0.6) is 0 Å². The second kappa shape index (κ2) is 7.71. The first-order chi connectivity index (χ1) is 12.9. The molecule has 6 heteroatoms. The van der Waals surface area contributed by atoms with Crippen molar-refractivity contribution in [3.05, 3.63) is 35.9 Å². The van der Waals surface area contributed by atoms with Crippen LogP contribution < -0.4 is 5.32 Å². The zero-order chi connectivity index (χ0) is 19.5. The van der Waals surface area contributed by atoms with E-state index in [1.54, 1.807) is 36.1 Å². The third-order valence-corrected chi connectivity index (χ3v) is 6.25. The van der Waals surface area contributed by atoms with E-state index in [1.807, 2.05) is 6.07 Å². The molecule has 1 unspecified atom stereocenters. The molecule has 3 rings (SSSR count). The van der Waals surface area contributed by atoms with Gasteiger partial charge < -0.3 is 15.3 Å². The molecule has 27 heavy (non-hydrogen) atoms. The molecule has 2 amide bonds. The fourth-order valence-corrected chi connectivity index (χ4v) is 4.40. The molecule has 2 N–H and O–H groups in total. The Bertz CT molecular complexity index is 712. The lowest BCUT2D eigenvalue weighted by Crippen LogP contribution is -2.57. The number of nitrogens with zero attached hydrogens (tertiary/aromatic N) is 1. The summed E-state index contributed by atoms with van der Waals surface area (Å²) in [4.78, 5) is 39.4. The fourth-order valence-electron chi connectivity index (χ4n) is 4.40. The van der Waals surface area contributed by atoms with Gasteiger partial charge in [0.1, 0.15) is 5.54 Å². The quantitative estimate of drug-likeness (QED) is 0.832. The van der Waals surface area contributed by atoms with Gasteiger partial charge in [0.25, 0.3) is 5.91 Å². The molecular weight excluding hydrogens is 344 g/mol. The molecular formula is C21H28N2O4. The van der Waals surface area contributed by atoms with Gasteiger partial charge in [0.2, 0.25) is 5.91 Å². The largest absolute Gasteiger partial charge is 0.481 e. The van der Waals surface area contributed by atoms with E-state index in [9.17, 15) is 19.5 Å². The number of carbonyl (C=O) groups excluding carboxylic acids is 2. The molecule has 1 saturated heterocycles. The highest BCUT2D eigenvalue weighted by Crippen LogP contribution is 2.37. The van der Waals surface area contributed by atoms with Crippen molar-refractivity contribution in [1.82, 2.24) is 10.2 Å². The van der Waals surface area contributed by atoms with Crippen LogP contribution in [0, 0.1) is 5.41 Å². The predicted molar refractivity (Wildman–Crippen MR) is 101 cm³/mol. The highest BCUT2D eigenvalue weighted by molar-refractivity contribution is 5.99. The number of carboxylic acid groups (broad SMARTS) is 1. The summed E-state index contributed by atoms with van der Waals surface area (Å²) in [7, 11) is 0. The van der Waals surface area contributed by atoms with Gasteiger partial charge in [0.15, 0.2) is 0 Å². The van der Waals surface area contributed by atoms with Crippen LogP contribution in [0.3, 0.4) is 0 Å². The number of hydrogen-bond donors (Lipinski definition) is 2. The van der Waals surface area contributed by atoms with Crippen LogP contribution in [0.2, 0.25) is 0 Å². The van der Waals surface area contributed by atoms with Crippen LogP contribution >= 0.6 is 0 Å². The standard InChI is InChI=1S/C21H28N2O4/c1-20(11-8-14-23(20)17(24)16-9-4-2-5-10-16)18(25)22-15-21(19(26)27)12-6-3-7-13-21/h2,4-5,9-10H,3,6-8,11-15H2,1H3,(H,22,25)(H,26,27). The van der Waals surface area contributed by atoms with Gasteiger partial charge in [-0.3, -0.25) is 14.4 Å². The molecule has 1 aromatic rings. The summed E-state index contributed by atoms with van der Waals surface area (Å²) < 4.78 is 0. The van der Waals surface area contributed by atoms with Gasteiger partial charge in [-0.15, -0.1) is 0 Å². The fraction of sp³-hybridized carbons (Fsp3) is 0.571. The van der Waals surface area contributed by atoms with Crippen molar-refractivity contribution >= 4 is 17.8 Å². The highest BCUT2D eigenvalue weighted by atomic mass is 16.4. The zero-order valence-corrected chi connectivity index (χ0v) is 15.9. The van der Waals surface area contributed by atoms with Crippen molar-refractivity contribution in [3.8, 4) is 0 Å². The Labute approximate surface area is 159 Å². The molecule has 0 radical (unpaired) electrons. The number of hydrogen-bond acceptors (Lipinski definition) is 3. The first-order valence-corrected chi connectivity index (χ1v) is 9.78. The Morgan fingerprint density at radius 3 is 2.33 bits per heavy atom. The molecule has 1 aliphatic heterocycles. The third kappa shape index (κ3) is 3.70. The Morgan fingerprint density at radius 2 is 1.70 bits per heavy atom. The maximum Gasteiger partial charge on any atom is 0.311 e. The maximum atomic E-state index is 13.0. The lowest BCUT2D eigenvalue weighted by Gasteiger charge is -2.37. The number of rotatable bonds is 5. The summed E-state index contributed by atoms with van der Waals surface area (Å²) in [6.07, 6.45) is 5.30. The first kappa shape index (κ1) is 19.4. The molecule has 0 bridgehead atoms. The van der Waals surface area contributed by atoms with Crippen LogP contribution in [-0.2, 0) is 9.59 Å². The summed E-state index contributed by atoms with van der Waals surface area (Å²) in [5, 5.41) is 12.6. The van der Waals surface area contributed by atoms with Crippen molar-refractivity contribution in [1.29, 1.82) is 0 Å². The molecule has 1 aromatic carbocycles. The third-order valence-electron chi connectivity index (χ3n) is 6.25. The minimum Gasteiger partial charge on any atom is -0.481 e. The molecule has 1 aliphatic carbocycles. The van der Waals surface area contributed by atoms with Gasteiger partial charge in [-0.2, -0.15) is 0 Å². The van der Waals surface area contributed by atoms with E-state index in [0.29, 0.717) is 31.4 Å². The molecule has 1 saturated carbocycles. The minimum atomic E-state index is -0.943. The lowest BCUT2D eigenvalue weighted by molar-refractivity contribution is -0.151. The van der Waals surface area contributed by atoms with E-state index in [0.717, 1.165) is 25.7 Å². The topological polar surface area (TPSA) is 86.7 Å². The van der Waals surface area contributed by atoms with Crippen LogP contribution in [0.15, 0.2) is 30.3 Å². The van der Waals surface area contributed by atoms with Crippen molar-refractivity contribution in [2.75, 3.05) is 13.1 Å². The molecule has 2 fully saturated rings. The number of amides is 2. The number of likely N-dealkylation sites (tertiary alicyclic amines) is 1. The van der Waals surface area contributed by atoms with Crippen LogP contribution in [0.25, 0.3) is 0 Å². The van der Waals surface area contributed by atoms with Gasteiger partial charge >= 0.3 is 5.97 Å². The van der Waals surface area contributed by atoms with Gasteiger partial charge in [-0.1, -0.05) is 37.5 Å². The molecule has 0 spiro atoms. The van der Waals surface area contributed by atoms with E-state index < -0.39 is 16.9 Å². The van der Waals surface area contributed by atoms with Crippen LogP contribution in [-0.4, -0.2) is 46.4 Å². The summed E-state index contributed by atoms with van der Waals surface area (Å²) >= 11 is 0. The predicted octanol–water partition coefficient (Wildman–Crippen LogP) is 2.83. The second-order valence-corrected chi connectivity index (χ2v) is 8.03. The average molecular weight is 372 g/mol. The Kier molecular flexibility index (Phi) is 5.53. The van der Waals surface area contributed by atoms with E-state index >= 15 is 0 Å². The molecule has 1 heterocycles. The van der Waals surface area contributed by atoms with Gasteiger partial charge in [0.05, 0.1) is 5.41 Å². The number of aliphatic carboxylic acids is 1. The van der Waals surface area contributed by atoms with Crippen molar-refractivity contribution in [3.63, 3.8) is 0 Å². The number of carboxylic acids is 1. The summed E-state index contributed by atoms with van der Waals surface area (Å²) in [6, 6.07) is 8.96. The van der Waals surface area contributed by atoms with E-state index in [-0.39, 0.29) is 18.4 Å². The second-order valence-electron chi connectivity index (χ2n) is 8.03. The lowest BCUT2D eigenvalue weighted by atomic mass is 9.74.